The average molecular weight is 279 g/mol. The minimum absolute atomic E-state index is 0.166. The van der Waals surface area contributed by atoms with Gasteiger partial charge < -0.3 is 10.1 Å². The van der Waals surface area contributed by atoms with Crippen LogP contribution >= 0.6 is 0 Å². The molecule has 3 aromatic rings. The smallest absolute Gasteiger partial charge is 0.160 e. The summed E-state index contributed by atoms with van der Waals surface area (Å²) in [6.45, 7) is 8.66. The van der Waals surface area contributed by atoms with E-state index in [-0.39, 0.29) is 5.41 Å². The molecule has 0 bridgehead atoms. The number of hydrogen-bond acceptors (Lipinski definition) is 2. The Balaban J connectivity index is 2.06. The second kappa shape index (κ2) is 4.62. The van der Waals surface area contributed by atoms with Crippen molar-refractivity contribution in [1.29, 1.82) is 0 Å². The monoisotopic (exact) mass is 279 g/mol. The molecule has 3 heteroatoms. The number of fused-ring (bicyclic) bond motifs is 1. The van der Waals surface area contributed by atoms with Crippen LogP contribution in [-0.4, -0.2) is 9.38 Å². The summed E-state index contributed by atoms with van der Waals surface area (Å²) in [6, 6.07) is 10.6. The molecule has 21 heavy (non-hydrogen) atoms. The lowest BCUT2D eigenvalue weighted by Gasteiger charge is -2.18. The number of aromatic nitrogens is 2. The van der Waals surface area contributed by atoms with Gasteiger partial charge in [0, 0.05) is 18.0 Å². The Kier molecular flexibility index (Phi) is 3.01. The fourth-order valence-corrected chi connectivity index (χ4v) is 2.44. The highest BCUT2D eigenvalue weighted by molar-refractivity contribution is 5.73. The van der Waals surface area contributed by atoms with E-state index in [0.717, 1.165) is 28.2 Å². The van der Waals surface area contributed by atoms with Crippen LogP contribution < -0.4 is 5.73 Å². The van der Waals surface area contributed by atoms with Gasteiger partial charge in [0.05, 0.1) is 11.4 Å². The molecule has 0 amide bonds. The second-order valence-corrected chi connectivity index (χ2v) is 6.60. The summed E-state index contributed by atoms with van der Waals surface area (Å²) in [6.07, 6.45) is 4.03. The van der Waals surface area contributed by atoms with Crippen molar-refractivity contribution in [3.63, 3.8) is 0 Å². The molecule has 0 unspecified atom stereocenters. The molecular formula is C18H21N3. The fourth-order valence-electron chi connectivity index (χ4n) is 2.44. The molecule has 0 aliphatic carbocycles. The minimum Gasteiger partial charge on any atom is -0.395 e. The van der Waals surface area contributed by atoms with Gasteiger partial charge in [0.15, 0.2) is 5.65 Å². The normalized spacial score (nSPS) is 12.0. The summed E-state index contributed by atoms with van der Waals surface area (Å²) in [4.78, 5) is 4.67. The molecule has 0 radical (unpaired) electrons. The SMILES string of the molecule is Cc1ccn2cc(-c3ccc(C(C)(C)C)cc3)nc2c1N. The van der Waals surface area contributed by atoms with E-state index >= 15 is 0 Å². The van der Waals surface area contributed by atoms with E-state index in [0.29, 0.717) is 0 Å². The molecule has 0 spiro atoms. The van der Waals surface area contributed by atoms with Gasteiger partial charge in [0.1, 0.15) is 0 Å². The lowest BCUT2D eigenvalue weighted by atomic mass is 9.86. The fraction of sp³-hybridized carbons (Fsp3) is 0.278. The van der Waals surface area contributed by atoms with E-state index in [4.69, 9.17) is 5.73 Å². The van der Waals surface area contributed by atoms with Crippen molar-refractivity contribution in [1.82, 2.24) is 9.38 Å². The van der Waals surface area contributed by atoms with Crippen LogP contribution in [0.5, 0.6) is 0 Å². The zero-order valence-electron chi connectivity index (χ0n) is 13.0. The van der Waals surface area contributed by atoms with Crippen LogP contribution in [0.3, 0.4) is 0 Å². The van der Waals surface area contributed by atoms with Gasteiger partial charge in [-0.2, -0.15) is 0 Å². The zero-order valence-corrected chi connectivity index (χ0v) is 13.0. The van der Waals surface area contributed by atoms with E-state index in [2.05, 4.69) is 50.0 Å². The first kappa shape index (κ1) is 13.7. The van der Waals surface area contributed by atoms with Gasteiger partial charge in [-0.3, -0.25) is 0 Å². The summed E-state index contributed by atoms with van der Waals surface area (Å²) in [5.41, 5.74) is 12.3. The van der Waals surface area contributed by atoms with Crippen LogP contribution in [0.25, 0.3) is 16.9 Å². The van der Waals surface area contributed by atoms with Crippen molar-refractivity contribution < 1.29 is 0 Å². The third-order valence-corrected chi connectivity index (χ3v) is 3.93. The standard InChI is InChI=1S/C18H21N3/c1-12-9-10-21-11-15(20-17(21)16(12)19)13-5-7-14(8-6-13)18(2,3)4/h5-11H,19H2,1-4H3. The van der Waals surface area contributed by atoms with Crippen molar-refractivity contribution in [3.05, 3.63) is 53.9 Å². The topological polar surface area (TPSA) is 43.3 Å². The predicted molar refractivity (Wildman–Crippen MR) is 88.5 cm³/mol. The van der Waals surface area contributed by atoms with Gasteiger partial charge >= 0.3 is 0 Å². The highest BCUT2D eigenvalue weighted by atomic mass is 15.0. The molecule has 0 aliphatic rings. The molecule has 3 rings (SSSR count). The number of imidazole rings is 1. The number of nitrogens with two attached hydrogens (primary N) is 1. The first-order chi connectivity index (χ1) is 9.86. The quantitative estimate of drug-likeness (QED) is 0.726. The second-order valence-electron chi connectivity index (χ2n) is 6.60. The minimum atomic E-state index is 0.166. The first-order valence-electron chi connectivity index (χ1n) is 7.21. The Morgan fingerprint density at radius 2 is 1.71 bits per heavy atom. The van der Waals surface area contributed by atoms with Gasteiger partial charge in [0.25, 0.3) is 0 Å². The Hall–Kier alpha value is -2.29. The molecule has 3 nitrogen and oxygen atoms in total. The summed E-state index contributed by atoms with van der Waals surface area (Å²) < 4.78 is 1.98. The van der Waals surface area contributed by atoms with Crippen LogP contribution in [0.2, 0.25) is 0 Å². The molecular weight excluding hydrogens is 258 g/mol. The van der Waals surface area contributed by atoms with E-state index in [1.807, 2.05) is 29.8 Å². The van der Waals surface area contributed by atoms with E-state index in [1.54, 1.807) is 0 Å². The molecule has 2 N–H and O–H groups in total. The zero-order chi connectivity index (χ0) is 15.2. The summed E-state index contributed by atoms with van der Waals surface area (Å²) in [5, 5.41) is 0. The lowest BCUT2D eigenvalue weighted by Crippen LogP contribution is -2.10. The molecule has 2 heterocycles. The molecule has 0 aliphatic heterocycles. The molecule has 108 valence electrons. The Bertz CT molecular complexity index is 790. The van der Waals surface area contributed by atoms with Crippen molar-refractivity contribution >= 4 is 11.3 Å². The summed E-state index contributed by atoms with van der Waals surface area (Å²) in [5.74, 6) is 0. The number of anilines is 1. The molecule has 1 aromatic carbocycles. The van der Waals surface area contributed by atoms with E-state index < -0.39 is 0 Å². The van der Waals surface area contributed by atoms with Crippen LogP contribution in [0.4, 0.5) is 5.69 Å². The molecule has 2 aromatic heterocycles. The van der Waals surface area contributed by atoms with Crippen LogP contribution in [0, 0.1) is 6.92 Å². The van der Waals surface area contributed by atoms with Crippen molar-refractivity contribution in [3.8, 4) is 11.3 Å². The van der Waals surface area contributed by atoms with Gasteiger partial charge in [-0.05, 0) is 29.5 Å². The number of aryl methyl sites for hydroxylation is 1. The number of pyridine rings is 1. The number of nitrogen functional groups attached to an aromatic ring is 1. The summed E-state index contributed by atoms with van der Waals surface area (Å²) >= 11 is 0. The predicted octanol–water partition coefficient (Wildman–Crippen LogP) is 4.19. The molecule has 0 atom stereocenters. The number of nitrogens with zero attached hydrogens (tertiary/aromatic N) is 2. The maximum absolute atomic E-state index is 6.11. The van der Waals surface area contributed by atoms with Gasteiger partial charge in [0.2, 0.25) is 0 Å². The highest BCUT2D eigenvalue weighted by Crippen LogP contribution is 2.27. The van der Waals surface area contributed by atoms with Crippen molar-refractivity contribution in [2.75, 3.05) is 5.73 Å². The first-order valence-corrected chi connectivity index (χ1v) is 7.21. The van der Waals surface area contributed by atoms with Gasteiger partial charge in [-0.15, -0.1) is 0 Å². The largest absolute Gasteiger partial charge is 0.395 e. The number of rotatable bonds is 1. The van der Waals surface area contributed by atoms with Crippen LogP contribution in [0.15, 0.2) is 42.7 Å². The van der Waals surface area contributed by atoms with E-state index in [1.165, 1.54) is 5.56 Å². The number of hydrogen-bond donors (Lipinski definition) is 1. The molecule has 0 fully saturated rings. The van der Waals surface area contributed by atoms with Crippen molar-refractivity contribution in [2.45, 2.75) is 33.1 Å². The van der Waals surface area contributed by atoms with Gasteiger partial charge in [-0.1, -0.05) is 45.0 Å². The third kappa shape index (κ3) is 2.40. The Morgan fingerprint density at radius 3 is 2.33 bits per heavy atom. The Labute approximate surface area is 125 Å². The van der Waals surface area contributed by atoms with E-state index in [9.17, 15) is 0 Å². The molecule has 0 saturated heterocycles. The third-order valence-electron chi connectivity index (χ3n) is 3.93. The number of benzene rings is 1. The maximum atomic E-state index is 6.11. The summed E-state index contributed by atoms with van der Waals surface area (Å²) in [7, 11) is 0. The van der Waals surface area contributed by atoms with Crippen LogP contribution in [0.1, 0.15) is 31.9 Å². The van der Waals surface area contributed by atoms with Gasteiger partial charge in [-0.25, -0.2) is 4.98 Å². The average Bonchev–Trinajstić information content (AvgIpc) is 2.87. The van der Waals surface area contributed by atoms with Crippen molar-refractivity contribution in [2.24, 2.45) is 0 Å². The Morgan fingerprint density at radius 1 is 1.05 bits per heavy atom. The lowest BCUT2D eigenvalue weighted by molar-refractivity contribution is 0.590. The maximum Gasteiger partial charge on any atom is 0.160 e. The van der Waals surface area contributed by atoms with Crippen LogP contribution in [-0.2, 0) is 5.41 Å². The molecule has 0 saturated carbocycles. The highest BCUT2D eigenvalue weighted by Gasteiger charge is 2.14.